The lowest BCUT2D eigenvalue weighted by molar-refractivity contribution is -0.160. The SMILES string of the molecule is CCCCCCC[C@H](O)CCCCCC/C=C/C[C@@H](CCO)C(=O)OC(C)(C)C. The minimum Gasteiger partial charge on any atom is -0.460 e. The van der Waals surface area contributed by atoms with Crippen LogP contribution in [0.5, 0.6) is 0 Å². The summed E-state index contributed by atoms with van der Waals surface area (Å²) in [4.78, 5) is 12.2. The zero-order chi connectivity index (χ0) is 22.0. The van der Waals surface area contributed by atoms with Crippen LogP contribution in [0.1, 0.15) is 118 Å². The van der Waals surface area contributed by atoms with Gasteiger partial charge in [-0.3, -0.25) is 4.79 Å². The van der Waals surface area contributed by atoms with Crippen LogP contribution in [0.2, 0.25) is 0 Å². The van der Waals surface area contributed by atoms with Crippen LogP contribution in [0, 0.1) is 5.92 Å². The van der Waals surface area contributed by atoms with E-state index < -0.39 is 5.60 Å². The van der Waals surface area contributed by atoms with Gasteiger partial charge in [-0.2, -0.15) is 0 Å². The van der Waals surface area contributed by atoms with Crippen molar-refractivity contribution in [3.63, 3.8) is 0 Å². The second-order valence-corrected chi connectivity index (χ2v) is 9.30. The molecule has 4 heteroatoms. The number of hydrogen-bond donors (Lipinski definition) is 2. The van der Waals surface area contributed by atoms with E-state index in [0.717, 1.165) is 38.5 Å². The molecule has 29 heavy (non-hydrogen) atoms. The molecule has 2 N–H and O–H groups in total. The van der Waals surface area contributed by atoms with Crippen molar-refractivity contribution < 1.29 is 19.7 Å². The molecule has 0 fully saturated rings. The summed E-state index contributed by atoms with van der Waals surface area (Å²) in [7, 11) is 0. The molecule has 0 saturated carbocycles. The van der Waals surface area contributed by atoms with Crippen molar-refractivity contribution in [2.24, 2.45) is 5.92 Å². The third-order valence-corrected chi connectivity index (χ3v) is 5.10. The number of rotatable bonds is 18. The minimum absolute atomic E-state index is 0.00232. The standard InChI is InChI=1S/C25H48O4/c1-5-6-7-11-15-18-23(27)19-16-13-10-8-9-12-14-17-22(20-21-26)24(28)29-25(2,3)4/h12,14,22-23,26-27H,5-11,13,15-21H2,1-4H3/b14-12+/t22-,23-/m0/s1. The van der Waals surface area contributed by atoms with Gasteiger partial charge in [0.15, 0.2) is 0 Å². The molecule has 2 atom stereocenters. The Morgan fingerprint density at radius 2 is 1.48 bits per heavy atom. The highest BCUT2D eigenvalue weighted by molar-refractivity contribution is 5.73. The van der Waals surface area contributed by atoms with Crippen LogP contribution in [0.15, 0.2) is 12.2 Å². The number of allylic oxidation sites excluding steroid dienone is 2. The fourth-order valence-corrected chi connectivity index (χ4v) is 3.37. The van der Waals surface area contributed by atoms with Gasteiger partial charge in [0.25, 0.3) is 0 Å². The van der Waals surface area contributed by atoms with Crippen molar-refractivity contribution in [1.29, 1.82) is 0 Å². The molecule has 0 aromatic rings. The third kappa shape index (κ3) is 18.9. The number of aliphatic hydroxyl groups is 2. The lowest BCUT2D eigenvalue weighted by Gasteiger charge is -2.23. The maximum atomic E-state index is 12.2. The fraction of sp³-hybridized carbons (Fsp3) is 0.880. The van der Waals surface area contributed by atoms with E-state index in [1.807, 2.05) is 26.8 Å². The van der Waals surface area contributed by atoms with E-state index in [9.17, 15) is 15.0 Å². The number of carbonyl (C=O) groups excluding carboxylic acids is 1. The van der Waals surface area contributed by atoms with Crippen molar-refractivity contribution in [3.8, 4) is 0 Å². The van der Waals surface area contributed by atoms with Gasteiger partial charge in [0, 0.05) is 6.61 Å². The number of hydrogen-bond acceptors (Lipinski definition) is 4. The van der Waals surface area contributed by atoms with Crippen LogP contribution >= 0.6 is 0 Å². The molecule has 0 aliphatic rings. The van der Waals surface area contributed by atoms with E-state index in [0.29, 0.717) is 12.8 Å². The largest absolute Gasteiger partial charge is 0.460 e. The first kappa shape index (κ1) is 28.1. The van der Waals surface area contributed by atoms with Crippen molar-refractivity contribution in [2.75, 3.05) is 6.61 Å². The van der Waals surface area contributed by atoms with Crippen molar-refractivity contribution in [1.82, 2.24) is 0 Å². The Labute approximate surface area is 180 Å². The first-order chi connectivity index (χ1) is 13.8. The topological polar surface area (TPSA) is 66.8 Å². The predicted octanol–water partition coefficient (Wildman–Crippen LogP) is 6.34. The summed E-state index contributed by atoms with van der Waals surface area (Å²) in [5.74, 6) is -0.487. The van der Waals surface area contributed by atoms with Gasteiger partial charge in [0.05, 0.1) is 12.0 Å². The molecule has 0 amide bonds. The van der Waals surface area contributed by atoms with Crippen LogP contribution in [0.25, 0.3) is 0 Å². The van der Waals surface area contributed by atoms with E-state index in [1.165, 1.54) is 38.5 Å². The van der Waals surface area contributed by atoms with Crippen molar-refractivity contribution in [3.05, 3.63) is 12.2 Å². The third-order valence-electron chi connectivity index (χ3n) is 5.10. The molecule has 4 nitrogen and oxygen atoms in total. The number of esters is 1. The Hall–Kier alpha value is -0.870. The van der Waals surface area contributed by atoms with E-state index in [2.05, 4.69) is 13.0 Å². The summed E-state index contributed by atoms with van der Waals surface area (Å²) in [6.07, 6.45) is 18.9. The lowest BCUT2D eigenvalue weighted by Crippen LogP contribution is -2.29. The highest BCUT2D eigenvalue weighted by atomic mass is 16.6. The van der Waals surface area contributed by atoms with Gasteiger partial charge >= 0.3 is 5.97 Å². The lowest BCUT2D eigenvalue weighted by atomic mass is 10.0. The second-order valence-electron chi connectivity index (χ2n) is 9.30. The van der Waals surface area contributed by atoms with Gasteiger partial charge < -0.3 is 14.9 Å². The van der Waals surface area contributed by atoms with Crippen molar-refractivity contribution >= 4 is 5.97 Å². The first-order valence-corrected chi connectivity index (χ1v) is 12.0. The molecule has 0 radical (unpaired) electrons. The van der Waals surface area contributed by atoms with Gasteiger partial charge in [-0.1, -0.05) is 70.4 Å². The van der Waals surface area contributed by atoms with Gasteiger partial charge in [-0.05, 0) is 59.3 Å². The molecular formula is C25H48O4. The van der Waals surface area contributed by atoms with E-state index in [4.69, 9.17) is 4.74 Å². The van der Waals surface area contributed by atoms with Crippen LogP contribution in [0.4, 0.5) is 0 Å². The molecular weight excluding hydrogens is 364 g/mol. The minimum atomic E-state index is -0.489. The smallest absolute Gasteiger partial charge is 0.309 e. The number of unbranched alkanes of at least 4 members (excludes halogenated alkanes) is 8. The van der Waals surface area contributed by atoms with E-state index >= 15 is 0 Å². The molecule has 0 spiro atoms. The Morgan fingerprint density at radius 1 is 0.897 bits per heavy atom. The summed E-state index contributed by atoms with van der Waals surface area (Å²) in [5, 5.41) is 19.2. The molecule has 0 aliphatic heterocycles. The summed E-state index contributed by atoms with van der Waals surface area (Å²) < 4.78 is 5.43. The summed E-state index contributed by atoms with van der Waals surface area (Å²) in [6.45, 7) is 7.82. The summed E-state index contributed by atoms with van der Waals surface area (Å²) >= 11 is 0. The molecule has 0 aromatic heterocycles. The Kier molecular flexibility index (Phi) is 17.4. The quantitative estimate of drug-likeness (QED) is 0.157. The molecule has 0 saturated heterocycles. The van der Waals surface area contributed by atoms with Gasteiger partial charge in [0.1, 0.15) is 5.60 Å². The number of carbonyl (C=O) groups is 1. The Balaban J connectivity index is 3.75. The molecule has 0 aliphatic carbocycles. The maximum Gasteiger partial charge on any atom is 0.309 e. The van der Waals surface area contributed by atoms with Gasteiger partial charge in [-0.25, -0.2) is 0 Å². The zero-order valence-corrected chi connectivity index (χ0v) is 19.6. The molecule has 0 aromatic carbocycles. The van der Waals surface area contributed by atoms with E-state index in [-0.39, 0.29) is 24.6 Å². The van der Waals surface area contributed by atoms with Crippen LogP contribution in [0.3, 0.4) is 0 Å². The summed E-state index contributed by atoms with van der Waals surface area (Å²) in [6, 6.07) is 0. The molecule has 0 bridgehead atoms. The normalized spacial score (nSPS) is 14.3. The molecule has 0 unspecified atom stereocenters. The Morgan fingerprint density at radius 3 is 2.03 bits per heavy atom. The van der Waals surface area contributed by atoms with Gasteiger partial charge in [0.2, 0.25) is 0 Å². The second kappa shape index (κ2) is 17.9. The van der Waals surface area contributed by atoms with Gasteiger partial charge in [-0.15, -0.1) is 0 Å². The highest BCUT2D eigenvalue weighted by Gasteiger charge is 2.23. The number of ether oxygens (including phenoxy) is 1. The van der Waals surface area contributed by atoms with Crippen LogP contribution in [-0.4, -0.2) is 34.5 Å². The first-order valence-electron chi connectivity index (χ1n) is 12.0. The Bertz CT molecular complexity index is 412. The monoisotopic (exact) mass is 412 g/mol. The highest BCUT2D eigenvalue weighted by Crippen LogP contribution is 2.18. The maximum absolute atomic E-state index is 12.2. The summed E-state index contributed by atoms with van der Waals surface area (Å²) in [5.41, 5.74) is -0.489. The fourth-order valence-electron chi connectivity index (χ4n) is 3.37. The predicted molar refractivity (Wildman–Crippen MR) is 122 cm³/mol. The van der Waals surface area contributed by atoms with Crippen molar-refractivity contribution in [2.45, 2.75) is 129 Å². The molecule has 172 valence electrons. The average Bonchev–Trinajstić information content (AvgIpc) is 2.64. The zero-order valence-electron chi connectivity index (χ0n) is 19.6. The van der Waals surface area contributed by atoms with Crippen LogP contribution < -0.4 is 0 Å². The number of aliphatic hydroxyl groups excluding tert-OH is 2. The molecule has 0 heterocycles. The molecule has 0 rings (SSSR count). The average molecular weight is 413 g/mol. The van der Waals surface area contributed by atoms with E-state index in [1.54, 1.807) is 0 Å². The van der Waals surface area contributed by atoms with Crippen LogP contribution in [-0.2, 0) is 9.53 Å².